The topological polar surface area (TPSA) is 72.6 Å². The van der Waals surface area contributed by atoms with E-state index in [-0.39, 0.29) is 18.1 Å². The number of carbonyl (C=O) groups excluding carboxylic acids is 1. The molecule has 0 saturated heterocycles. The maximum Gasteiger partial charge on any atom is 0.360 e. The van der Waals surface area contributed by atoms with Crippen LogP contribution < -0.4 is 0 Å². The molecule has 1 heterocycles. The third-order valence-corrected chi connectivity index (χ3v) is 2.40. The lowest BCUT2D eigenvalue weighted by Crippen LogP contribution is -2.04. The maximum absolute atomic E-state index is 11.4. The molecule has 1 aromatic carbocycles. The van der Waals surface area contributed by atoms with Crippen molar-refractivity contribution in [1.29, 1.82) is 0 Å². The summed E-state index contributed by atoms with van der Waals surface area (Å²) in [5.41, 5.74) is 0.728. The number of aromatic nitrogens is 1. The number of ether oxygens (including phenoxy) is 1. The molecule has 1 N–H and O–H groups in total. The zero-order chi connectivity index (χ0) is 13.0. The molecule has 2 rings (SSSR count). The van der Waals surface area contributed by atoms with Crippen LogP contribution in [0.1, 0.15) is 34.8 Å². The number of hydrogen-bond acceptors (Lipinski definition) is 5. The largest absolute Gasteiger partial charge is 0.461 e. The number of nitrogens with zero attached hydrogens (tertiary/aromatic N) is 1. The Morgan fingerprint density at radius 2 is 2.17 bits per heavy atom. The molecule has 94 valence electrons. The van der Waals surface area contributed by atoms with E-state index in [1.54, 1.807) is 31.2 Å². The number of aliphatic hydroxyl groups excluding tert-OH is 1. The summed E-state index contributed by atoms with van der Waals surface area (Å²) < 4.78 is 9.73. The molecule has 0 aliphatic rings. The SMILES string of the molecule is CCOC(=O)c1cc(C(O)c2ccccc2)on1. The van der Waals surface area contributed by atoms with Gasteiger partial charge in [0.25, 0.3) is 0 Å². The molecule has 0 radical (unpaired) electrons. The van der Waals surface area contributed by atoms with Crippen LogP contribution in [0.3, 0.4) is 0 Å². The van der Waals surface area contributed by atoms with Crippen LogP contribution in [-0.4, -0.2) is 22.8 Å². The summed E-state index contributed by atoms with van der Waals surface area (Å²) in [5.74, 6) is -0.350. The number of benzene rings is 1. The lowest BCUT2D eigenvalue weighted by molar-refractivity contribution is 0.0514. The molecule has 1 aromatic heterocycles. The van der Waals surface area contributed by atoms with Crippen LogP contribution in [0, 0.1) is 0 Å². The van der Waals surface area contributed by atoms with E-state index in [2.05, 4.69) is 5.16 Å². The Morgan fingerprint density at radius 3 is 2.83 bits per heavy atom. The lowest BCUT2D eigenvalue weighted by atomic mass is 10.1. The highest BCUT2D eigenvalue weighted by molar-refractivity contribution is 5.87. The smallest absolute Gasteiger partial charge is 0.360 e. The van der Waals surface area contributed by atoms with Gasteiger partial charge in [-0.2, -0.15) is 0 Å². The second-order valence-corrected chi connectivity index (χ2v) is 3.65. The van der Waals surface area contributed by atoms with E-state index >= 15 is 0 Å². The van der Waals surface area contributed by atoms with Crippen molar-refractivity contribution in [2.24, 2.45) is 0 Å². The first kappa shape index (κ1) is 12.3. The number of hydrogen-bond donors (Lipinski definition) is 1. The van der Waals surface area contributed by atoms with E-state index in [0.717, 1.165) is 0 Å². The van der Waals surface area contributed by atoms with Crippen molar-refractivity contribution in [3.63, 3.8) is 0 Å². The minimum absolute atomic E-state index is 0.0573. The highest BCUT2D eigenvalue weighted by Crippen LogP contribution is 2.22. The molecule has 18 heavy (non-hydrogen) atoms. The first-order valence-electron chi connectivity index (χ1n) is 5.59. The number of esters is 1. The Bertz CT molecular complexity index is 521. The predicted molar refractivity (Wildman–Crippen MR) is 63.0 cm³/mol. The van der Waals surface area contributed by atoms with Gasteiger partial charge in [-0.3, -0.25) is 0 Å². The van der Waals surface area contributed by atoms with Crippen LogP contribution in [-0.2, 0) is 4.74 Å². The molecular weight excluding hydrogens is 234 g/mol. The fourth-order valence-corrected chi connectivity index (χ4v) is 1.52. The highest BCUT2D eigenvalue weighted by Gasteiger charge is 2.19. The van der Waals surface area contributed by atoms with Crippen molar-refractivity contribution in [2.75, 3.05) is 6.61 Å². The molecular formula is C13H13NO4. The number of aliphatic hydroxyl groups is 1. The third kappa shape index (κ3) is 2.57. The summed E-state index contributed by atoms with van der Waals surface area (Å²) in [7, 11) is 0. The van der Waals surface area contributed by atoms with Gasteiger partial charge in [0.2, 0.25) is 0 Å². The van der Waals surface area contributed by atoms with Crippen molar-refractivity contribution in [2.45, 2.75) is 13.0 Å². The molecule has 0 fully saturated rings. The highest BCUT2D eigenvalue weighted by atomic mass is 16.5. The Balaban J connectivity index is 2.17. The number of rotatable bonds is 4. The molecule has 0 aliphatic carbocycles. The molecule has 0 saturated carbocycles. The van der Waals surface area contributed by atoms with Gasteiger partial charge in [-0.1, -0.05) is 35.5 Å². The molecule has 1 unspecified atom stereocenters. The minimum atomic E-state index is -0.943. The Kier molecular flexibility index (Phi) is 3.74. The van der Waals surface area contributed by atoms with E-state index in [0.29, 0.717) is 5.56 Å². The Hall–Kier alpha value is -2.14. The first-order chi connectivity index (χ1) is 8.72. The fourth-order valence-electron chi connectivity index (χ4n) is 1.52. The monoisotopic (exact) mass is 247 g/mol. The van der Waals surface area contributed by atoms with E-state index in [1.807, 2.05) is 6.07 Å². The summed E-state index contributed by atoms with van der Waals surface area (Å²) >= 11 is 0. The van der Waals surface area contributed by atoms with Crippen LogP contribution in [0.5, 0.6) is 0 Å². The summed E-state index contributed by atoms with van der Waals surface area (Å²) in [4.78, 5) is 11.4. The average Bonchev–Trinajstić information content (AvgIpc) is 2.89. The minimum Gasteiger partial charge on any atom is -0.461 e. The predicted octanol–water partition coefficient (Wildman–Crippen LogP) is 1.93. The summed E-state index contributed by atoms with van der Waals surface area (Å²) in [6, 6.07) is 10.4. The van der Waals surface area contributed by atoms with Crippen molar-refractivity contribution < 1.29 is 19.2 Å². The van der Waals surface area contributed by atoms with Gasteiger partial charge in [0.05, 0.1) is 6.61 Å². The molecule has 0 bridgehead atoms. The zero-order valence-electron chi connectivity index (χ0n) is 9.87. The van der Waals surface area contributed by atoms with Crippen LogP contribution in [0.2, 0.25) is 0 Å². The van der Waals surface area contributed by atoms with Gasteiger partial charge in [-0.25, -0.2) is 4.79 Å². The normalized spacial score (nSPS) is 12.1. The molecule has 0 aliphatic heterocycles. The van der Waals surface area contributed by atoms with Gasteiger partial charge in [0.1, 0.15) is 6.10 Å². The molecule has 2 aromatic rings. The van der Waals surface area contributed by atoms with Gasteiger partial charge >= 0.3 is 5.97 Å². The quantitative estimate of drug-likeness (QED) is 0.836. The second kappa shape index (κ2) is 5.46. The molecule has 1 atom stereocenters. The Morgan fingerprint density at radius 1 is 1.44 bits per heavy atom. The fraction of sp³-hybridized carbons (Fsp3) is 0.231. The van der Waals surface area contributed by atoms with Crippen LogP contribution in [0.25, 0.3) is 0 Å². The van der Waals surface area contributed by atoms with Crippen molar-refractivity contribution >= 4 is 5.97 Å². The molecule has 5 nitrogen and oxygen atoms in total. The van der Waals surface area contributed by atoms with E-state index in [9.17, 15) is 9.90 Å². The zero-order valence-corrected chi connectivity index (χ0v) is 9.87. The lowest BCUT2D eigenvalue weighted by Gasteiger charge is -2.05. The van der Waals surface area contributed by atoms with Crippen molar-refractivity contribution in [3.8, 4) is 0 Å². The maximum atomic E-state index is 11.4. The van der Waals surface area contributed by atoms with Crippen LogP contribution >= 0.6 is 0 Å². The van der Waals surface area contributed by atoms with E-state index in [4.69, 9.17) is 9.26 Å². The van der Waals surface area contributed by atoms with Crippen molar-refractivity contribution in [1.82, 2.24) is 5.16 Å². The van der Waals surface area contributed by atoms with E-state index in [1.165, 1.54) is 6.07 Å². The molecule has 0 amide bonds. The van der Waals surface area contributed by atoms with Gasteiger partial charge in [-0.15, -0.1) is 0 Å². The summed E-state index contributed by atoms with van der Waals surface area (Å²) in [5, 5.41) is 13.6. The Labute approximate surface area is 104 Å². The summed E-state index contributed by atoms with van der Waals surface area (Å²) in [6.45, 7) is 1.97. The van der Waals surface area contributed by atoms with Gasteiger partial charge in [-0.05, 0) is 12.5 Å². The van der Waals surface area contributed by atoms with Gasteiger partial charge < -0.3 is 14.4 Å². The number of carbonyl (C=O) groups is 1. The van der Waals surface area contributed by atoms with Gasteiger partial charge in [0.15, 0.2) is 11.5 Å². The third-order valence-electron chi connectivity index (χ3n) is 2.40. The van der Waals surface area contributed by atoms with Crippen molar-refractivity contribution in [3.05, 3.63) is 53.4 Å². The molecule has 0 spiro atoms. The van der Waals surface area contributed by atoms with Crippen LogP contribution in [0.15, 0.2) is 40.9 Å². The van der Waals surface area contributed by atoms with E-state index < -0.39 is 12.1 Å². The van der Waals surface area contributed by atoms with Crippen LogP contribution in [0.4, 0.5) is 0 Å². The molecule has 5 heteroatoms. The summed E-state index contributed by atoms with van der Waals surface area (Å²) in [6.07, 6.45) is -0.943. The van der Waals surface area contributed by atoms with Gasteiger partial charge in [0, 0.05) is 6.07 Å². The average molecular weight is 247 g/mol. The standard InChI is InChI=1S/C13H13NO4/c1-2-17-13(16)10-8-11(18-14-10)12(15)9-6-4-3-5-7-9/h3-8,12,15H,2H2,1H3. The first-order valence-corrected chi connectivity index (χ1v) is 5.59. The second-order valence-electron chi connectivity index (χ2n) is 3.65.